The highest BCUT2D eigenvalue weighted by Gasteiger charge is 2.27. The molecule has 2 aromatic carbocycles. The van der Waals surface area contributed by atoms with Crippen molar-refractivity contribution in [1.29, 1.82) is 5.26 Å². The lowest BCUT2D eigenvalue weighted by Crippen LogP contribution is -2.49. The molecule has 0 aromatic heterocycles. The Morgan fingerprint density at radius 1 is 0.960 bits per heavy atom. The van der Waals surface area contributed by atoms with E-state index in [4.69, 9.17) is 5.26 Å². The number of carbonyl (C=O) groups is 1. The lowest BCUT2D eigenvalue weighted by atomic mass is 10.1. The van der Waals surface area contributed by atoms with Gasteiger partial charge >= 0.3 is 0 Å². The molecule has 0 aliphatic carbocycles. The normalized spacial score (nSPS) is 14.3. The fourth-order valence-corrected chi connectivity index (χ4v) is 2.84. The Bertz CT molecular complexity index is 835. The van der Waals surface area contributed by atoms with Crippen molar-refractivity contribution in [2.24, 2.45) is 0 Å². The van der Waals surface area contributed by atoms with Crippen molar-refractivity contribution in [3.8, 4) is 6.07 Å². The molecule has 3 rings (SSSR count). The second-order valence-corrected chi connectivity index (χ2v) is 5.65. The van der Waals surface area contributed by atoms with Gasteiger partial charge in [0.2, 0.25) is 0 Å². The van der Waals surface area contributed by atoms with Crippen LogP contribution in [0.15, 0.2) is 36.4 Å². The van der Waals surface area contributed by atoms with Gasteiger partial charge < -0.3 is 9.80 Å². The molecule has 0 spiro atoms. The topological polar surface area (TPSA) is 47.3 Å². The van der Waals surface area contributed by atoms with Crippen LogP contribution in [0.25, 0.3) is 0 Å². The van der Waals surface area contributed by atoms with Crippen LogP contribution in [0.2, 0.25) is 0 Å². The Morgan fingerprint density at radius 2 is 1.60 bits per heavy atom. The number of hydrogen-bond acceptors (Lipinski definition) is 3. The minimum atomic E-state index is -0.898. The standard InChI is InChI=1S/C18H14F3N3O/c19-13-2-1-3-14(20)17(13)18(25)24-8-6-23(7-9-24)16-5-4-12(11-22)10-15(16)21/h1-5,10H,6-9H2. The molecule has 1 amide bonds. The number of nitriles is 1. The van der Waals surface area contributed by atoms with Crippen molar-refractivity contribution in [1.82, 2.24) is 4.90 Å². The highest BCUT2D eigenvalue weighted by molar-refractivity contribution is 5.95. The number of rotatable bonds is 2. The van der Waals surface area contributed by atoms with Crippen LogP contribution in [0.4, 0.5) is 18.9 Å². The first-order valence-corrected chi connectivity index (χ1v) is 7.69. The predicted molar refractivity (Wildman–Crippen MR) is 85.6 cm³/mol. The number of carbonyl (C=O) groups excluding carboxylic acids is 1. The largest absolute Gasteiger partial charge is 0.366 e. The van der Waals surface area contributed by atoms with Crippen molar-refractivity contribution in [2.45, 2.75) is 0 Å². The summed E-state index contributed by atoms with van der Waals surface area (Å²) in [4.78, 5) is 15.4. The summed E-state index contributed by atoms with van der Waals surface area (Å²) in [6.45, 7) is 1.08. The molecule has 0 unspecified atom stereocenters. The maximum atomic E-state index is 14.1. The van der Waals surface area contributed by atoms with Crippen molar-refractivity contribution in [3.05, 3.63) is 65.0 Å². The van der Waals surface area contributed by atoms with Crippen molar-refractivity contribution >= 4 is 11.6 Å². The smallest absolute Gasteiger partial charge is 0.259 e. The summed E-state index contributed by atoms with van der Waals surface area (Å²) >= 11 is 0. The van der Waals surface area contributed by atoms with E-state index in [2.05, 4.69) is 0 Å². The Hall–Kier alpha value is -3.01. The Morgan fingerprint density at radius 3 is 2.16 bits per heavy atom. The molecule has 0 radical (unpaired) electrons. The third-order valence-electron chi connectivity index (χ3n) is 4.16. The van der Waals surface area contributed by atoms with Crippen LogP contribution in [0.3, 0.4) is 0 Å². The molecule has 4 nitrogen and oxygen atoms in total. The second-order valence-electron chi connectivity index (χ2n) is 5.65. The number of halogens is 3. The lowest BCUT2D eigenvalue weighted by Gasteiger charge is -2.36. The molecule has 1 aliphatic rings. The van der Waals surface area contributed by atoms with Gasteiger partial charge in [-0.1, -0.05) is 6.07 Å². The van der Waals surface area contributed by atoms with Crippen molar-refractivity contribution in [3.63, 3.8) is 0 Å². The summed E-state index contributed by atoms with van der Waals surface area (Å²) in [6.07, 6.45) is 0. The number of amides is 1. The first-order valence-electron chi connectivity index (χ1n) is 7.69. The van der Waals surface area contributed by atoms with Crippen molar-refractivity contribution in [2.75, 3.05) is 31.1 Å². The summed E-state index contributed by atoms with van der Waals surface area (Å²) in [6, 6.07) is 9.34. The van der Waals surface area contributed by atoms with Crippen LogP contribution in [0.5, 0.6) is 0 Å². The number of benzene rings is 2. The summed E-state index contributed by atoms with van der Waals surface area (Å²) in [5.41, 5.74) is -0.00577. The molecule has 25 heavy (non-hydrogen) atoms. The monoisotopic (exact) mass is 345 g/mol. The van der Waals surface area contributed by atoms with E-state index in [1.807, 2.05) is 6.07 Å². The van der Waals surface area contributed by atoms with Gasteiger partial charge in [-0.2, -0.15) is 5.26 Å². The van der Waals surface area contributed by atoms with E-state index in [-0.39, 0.29) is 18.7 Å². The maximum absolute atomic E-state index is 14.1. The number of hydrogen-bond donors (Lipinski definition) is 0. The second kappa shape index (κ2) is 6.85. The van der Waals surface area contributed by atoms with Gasteiger partial charge in [0.05, 0.1) is 17.3 Å². The fourth-order valence-electron chi connectivity index (χ4n) is 2.84. The molecule has 0 bridgehead atoms. The first-order chi connectivity index (χ1) is 12.0. The summed E-state index contributed by atoms with van der Waals surface area (Å²) in [5.74, 6) is -3.02. The number of piperazine rings is 1. The molecule has 1 saturated heterocycles. The van der Waals surface area contributed by atoms with Crippen molar-refractivity contribution < 1.29 is 18.0 Å². The Labute approximate surface area is 142 Å². The number of anilines is 1. The molecule has 7 heteroatoms. The molecule has 2 aromatic rings. The van der Waals surface area contributed by atoms with Gasteiger partial charge in [-0.05, 0) is 30.3 Å². The molecule has 1 heterocycles. The predicted octanol–water partition coefficient (Wildman–Crippen LogP) is 2.94. The van der Waals surface area contributed by atoms with Crippen LogP contribution in [-0.2, 0) is 0 Å². The SMILES string of the molecule is N#Cc1ccc(N2CCN(C(=O)c3c(F)cccc3F)CC2)c(F)c1. The highest BCUT2D eigenvalue weighted by atomic mass is 19.1. The van der Waals surface area contributed by atoms with E-state index in [9.17, 15) is 18.0 Å². The molecule has 128 valence electrons. The molecule has 0 atom stereocenters. The van der Waals surface area contributed by atoms with E-state index >= 15 is 0 Å². The number of nitrogens with zero attached hydrogens (tertiary/aromatic N) is 3. The van der Waals surface area contributed by atoms with Gasteiger partial charge in [0.25, 0.3) is 5.91 Å². The molecular weight excluding hydrogens is 331 g/mol. The van der Waals surface area contributed by atoms with Gasteiger partial charge in [-0.3, -0.25) is 4.79 Å². The Balaban J connectivity index is 1.72. The van der Waals surface area contributed by atoms with Gasteiger partial charge in [-0.25, -0.2) is 13.2 Å². The maximum Gasteiger partial charge on any atom is 0.259 e. The third-order valence-corrected chi connectivity index (χ3v) is 4.16. The molecule has 0 saturated carbocycles. The third kappa shape index (κ3) is 3.29. The molecule has 1 aliphatic heterocycles. The zero-order valence-electron chi connectivity index (χ0n) is 13.2. The summed E-state index contributed by atoms with van der Waals surface area (Å²) in [7, 11) is 0. The minimum absolute atomic E-state index is 0.214. The van der Waals surface area contributed by atoms with Gasteiger partial charge in [0.15, 0.2) is 0 Å². The van der Waals surface area contributed by atoms with Crippen LogP contribution < -0.4 is 4.90 Å². The quantitative estimate of drug-likeness (QED) is 0.841. The molecular formula is C18H14F3N3O. The first kappa shape index (κ1) is 16.8. The average molecular weight is 345 g/mol. The van der Waals surface area contributed by atoms with E-state index in [1.165, 1.54) is 23.1 Å². The molecule has 0 N–H and O–H groups in total. The van der Waals surface area contributed by atoms with E-state index in [0.717, 1.165) is 18.2 Å². The van der Waals surface area contributed by atoms with Gasteiger partial charge in [-0.15, -0.1) is 0 Å². The average Bonchev–Trinajstić information content (AvgIpc) is 2.61. The summed E-state index contributed by atoms with van der Waals surface area (Å²) < 4.78 is 41.6. The van der Waals surface area contributed by atoms with Gasteiger partial charge in [0, 0.05) is 26.2 Å². The van der Waals surface area contributed by atoms with E-state index in [0.29, 0.717) is 18.8 Å². The van der Waals surface area contributed by atoms with E-state index < -0.39 is 28.9 Å². The van der Waals surface area contributed by atoms with Crippen LogP contribution in [-0.4, -0.2) is 37.0 Å². The minimum Gasteiger partial charge on any atom is -0.366 e. The highest BCUT2D eigenvalue weighted by Crippen LogP contribution is 2.23. The van der Waals surface area contributed by atoms with E-state index in [1.54, 1.807) is 4.90 Å². The zero-order valence-corrected chi connectivity index (χ0v) is 13.2. The Kier molecular flexibility index (Phi) is 4.61. The fraction of sp³-hybridized carbons (Fsp3) is 0.222. The lowest BCUT2D eigenvalue weighted by molar-refractivity contribution is 0.0737. The zero-order chi connectivity index (χ0) is 18.0. The van der Waals surface area contributed by atoms with Gasteiger partial charge in [0.1, 0.15) is 23.0 Å². The van der Waals surface area contributed by atoms with Crippen LogP contribution in [0.1, 0.15) is 15.9 Å². The van der Waals surface area contributed by atoms with Crippen LogP contribution in [0, 0.1) is 28.8 Å². The summed E-state index contributed by atoms with van der Waals surface area (Å²) in [5, 5.41) is 8.78. The van der Waals surface area contributed by atoms with Crippen LogP contribution >= 0.6 is 0 Å². The molecule has 1 fully saturated rings.